The number of halogens is 3. The third-order valence-corrected chi connectivity index (χ3v) is 1.28. The molecule has 72 valence electrons. The predicted octanol–water partition coefficient (Wildman–Crippen LogP) is 2.16. The molecule has 1 rings (SSSR count). The van der Waals surface area contributed by atoms with Gasteiger partial charge in [-0.3, -0.25) is 4.98 Å². The highest BCUT2D eigenvalue weighted by molar-refractivity contribution is 5.07. The molecule has 5 heteroatoms. The first-order valence-electron chi connectivity index (χ1n) is 3.61. The van der Waals surface area contributed by atoms with Gasteiger partial charge < -0.3 is 4.74 Å². The third kappa shape index (κ3) is 4.47. The summed E-state index contributed by atoms with van der Waals surface area (Å²) in [4.78, 5) is 3.72. The van der Waals surface area contributed by atoms with Gasteiger partial charge in [-0.1, -0.05) is 0 Å². The van der Waals surface area contributed by atoms with Gasteiger partial charge in [-0.05, 0) is 17.7 Å². The molecule has 0 saturated carbocycles. The summed E-state index contributed by atoms with van der Waals surface area (Å²) >= 11 is 0. The largest absolute Gasteiger partial charge is 0.411 e. The maximum Gasteiger partial charge on any atom is 0.411 e. The van der Waals surface area contributed by atoms with Gasteiger partial charge in [0.25, 0.3) is 0 Å². The Bertz CT molecular complexity index is 247. The van der Waals surface area contributed by atoms with E-state index in [1.54, 1.807) is 12.1 Å². The molecule has 0 saturated heterocycles. The first-order chi connectivity index (χ1) is 6.08. The molecule has 0 aliphatic rings. The van der Waals surface area contributed by atoms with Crippen LogP contribution in [0.3, 0.4) is 0 Å². The Morgan fingerprint density at radius 3 is 2.38 bits per heavy atom. The fourth-order valence-electron chi connectivity index (χ4n) is 0.764. The van der Waals surface area contributed by atoms with E-state index in [0.29, 0.717) is 5.56 Å². The van der Waals surface area contributed by atoms with Crippen molar-refractivity contribution in [3.63, 3.8) is 0 Å². The zero-order chi connectivity index (χ0) is 9.73. The van der Waals surface area contributed by atoms with Gasteiger partial charge in [0.15, 0.2) is 0 Å². The molecule has 0 aliphatic carbocycles. The second kappa shape index (κ2) is 4.23. The summed E-state index contributed by atoms with van der Waals surface area (Å²) in [5.41, 5.74) is 0.680. The minimum Gasteiger partial charge on any atom is -0.367 e. The Kier molecular flexibility index (Phi) is 3.25. The van der Waals surface area contributed by atoms with Crippen LogP contribution in [0.4, 0.5) is 13.2 Å². The van der Waals surface area contributed by atoms with Crippen molar-refractivity contribution in [1.29, 1.82) is 0 Å². The van der Waals surface area contributed by atoms with Crippen LogP contribution in [0.1, 0.15) is 5.56 Å². The van der Waals surface area contributed by atoms with Gasteiger partial charge in [-0.15, -0.1) is 0 Å². The molecule has 0 amide bonds. The summed E-state index contributed by atoms with van der Waals surface area (Å²) < 4.78 is 39.3. The number of rotatable bonds is 3. The Morgan fingerprint density at radius 1 is 1.23 bits per heavy atom. The highest BCUT2D eigenvalue weighted by Gasteiger charge is 2.27. The van der Waals surface area contributed by atoms with Crippen LogP contribution in [0.25, 0.3) is 0 Å². The fraction of sp³-hybridized carbons (Fsp3) is 0.375. The Hall–Kier alpha value is -1.10. The van der Waals surface area contributed by atoms with E-state index in [1.165, 1.54) is 12.4 Å². The average molecular weight is 191 g/mol. The summed E-state index contributed by atoms with van der Waals surface area (Å²) in [5.74, 6) is 0. The quantitative estimate of drug-likeness (QED) is 0.730. The van der Waals surface area contributed by atoms with Gasteiger partial charge in [0.2, 0.25) is 0 Å². The lowest BCUT2D eigenvalue weighted by Crippen LogP contribution is -2.16. The molecule has 0 aromatic carbocycles. The highest BCUT2D eigenvalue weighted by atomic mass is 19.4. The Morgan fingerprint density at radius 2 is 1.85 bits per heavy atom. The SMILES string of the molecule is FC(F)(F)COCc1ccncc1. The van der Waals surface area contributed by atoms with Gasteiger partial charge in [0.05, 0.1) is 6.61 Å². The van der Waals surface area contributed by atoms with E-state index in [2.05, 4.69) is 9.72 Å². The average Bonchev–Trinajstić information content (AvgIpc) is 2.04. The van der Waals surface area contributed by atoms with Crippen molar-refractivity contribution in [2.45, 2.75) is 12.8 Å². The second-order valence-electron chi connectivity index (χ2n) is 2.46. The lowest BCUT2D eigenvalue weighted by Gasteiger charge is -2.06. The lowest BCUT2D eigenvalue weighted by atomic mass is 10.3. The van der Waals surface area contributed by atoms with Gasteiger partial charge in [-0.2, -0.15) is 13.2 Å². The number of hydrogen-bond donors (Lipinski definition) is 0. The topological polar surface area (TPSA) is 22.1 Å². The number of aromatic nitrogens is 1. The predicted molar refractivity (Wildman–Crippen MR) is 39.9 cm³/mol. The maximum atomic E-state index is 11.6. The van der Waals surface area contributed by atoms with Crippen LogP contribution in [0, 0.1) is 0 Å². The van der Waals surface area contributed by atoms with Crippen molar-refractivity contribution in [2.75, 3.05) is 6.61 Å². The molecule has 0 aliphatic heterocycles. The van der Waals surface area contributed by atoms with E-state index in [-0.39, 0.29) is 6.61 Å². The molecule has 2 nitrogen and oxygen atoms in total. The maximum absolute atomic E-state index is 11.6. The molecule has 1 aromatic heterocycles. The van der Waals surface area contributed by atoms with Crippen molar-refractivity contribution >= 4 is 0 Å². The molecular formula is C8H8F3NO. The minimum atomic E-state index is -4.26. The molecule has 0 fully saturated rings. The second-order valence-corrected chi connectivity index (χ2v) is 2.46. The van der Waals surface area contributed by atoms with E-state index in [9.17, 15) is 13.2 Å². The first kappa shape index (κ1) is 9.98. The van der Waals surface area contributed by atoms with Crippen LogP contribution in [-0.4, -0.2) is 17.8 Å². The van der Waals surface area contributed by atoms with Crippen molar-refractivity contribution in [3.05, 3.63) is 30.1 Å². The molecule has 0 N–H and O–H groups in total. The van der Waals surface area contributed by atoms with Gasteiger partial charge >= 0.3 is 6.18 Å². The number of hydrogen-bond acceptors (Lipinski definition) is 2. The highest BCUT2D eigenvalue weighted by Crippen LogP contribution is 2.15. The minimum absolute atomic E-state index is 0.0397. The van der Waals surface area contributed by atoms with Crippen LogP contribution in [0.5, 0.6) is 0 Å². The first-order valence-corrected chi connectivity index (χ1v) is 3.61. The van der Waals surface area contributed by atoms with E-state index in [4.69, 9.17) is 0 Å². The molecule has 1 aromatic rings. The van der Waals surface area contributed by atoms with Crippen molar-refractivity contribution in [1.82, 2.24) is 4.98 Å². The van der Waals surface area contributed by atoms with Crippen LogP contribution < -0.4 is 0 Å². The molecule has 0 radical (unpaired) electrons. The van der Waals surface area contributed by atoms with E-state index in [1.807, 2.05) is 0 Å². The number of alkyl halides is 3. The smallest absolute Gasteiger partial charge is 0.367 e. The zero-order valence-corrected chi connectivity index (χ0v) is 6.71. The van der Waals surface area contributed by atoms with Crippen LogP contribution in [0.2, 0.25) is 0 Å². The molecule has 0 atom stereocenters. The molecule has 1 heterocycles. The third-order valence-electron chi connectivity index (χ3n) is 1.28. The van der Waals surface area contributed by atoms with Crippen molar-refractivity contribution < 1.29 is 17.9 Å². The van der Waals surface area contributed by atoms with Crippen LogP contribution in [0.15, 0.2) is 24.5 Å². The molecule has 0 unspecified atom stereocenters. The zero-order valence-electron chi connectivity index (χ0n) is 6.71. The van der Waals surface area contributed by atoms with Gasteiger partial charge in [-0.25, -0.2) is 0 Å². The Labute approximate surface area is 73.4 Å². The fourth-order valence-corrected chi connectivity index (χ4v) is 0.764. The summed E-state index contributed by atoms with van der Waals surface area (Å²) in [6.07, 6.45) is -1.24. The normalized spacial score (nSPS) is 11.6. The summed E-state index contributed by atoms with van der Waals surface area (Å²) in [5, 5.41) is 0. The van der Waals surface area contributed by atoms with Gasteiger partial charge in [0, 0.05) is 12.4 Å². The Balaban J connectivity index is 2.29. The lowest BCUT2D eigenvalue weighted by molar-refractivity contribution is -0.176. The van der Waals surface area contributed by atoms with E-state index < -0.39 is 12.8 Å². The van der Waals surface area contributed by atoms with E-state index >= 15 is 0 Å². The summed E-state index contributed by atoms with van der Waals surface area (Å²) in [6, 6.07) is 3.22. The number of ether oxygens (including phenoxy) is 1. The van der Waals surface area contributed by atoms with E-state index in [0.717, 1.165) is 0 Å². The standard InChI is InChI=1S/C8H8F3NO/c9-8(10,11)6-13-5-7-1-3-12-4-2-7/h1-4H,5-6H2. The molecule has 0 spiro atoms. The van der Waals surface area contributed by atoms with Crippen molar-refractivity contribution in [2.24, 2.45) is 0 Å². The molecule has 0 bridgehead atoms. The summed E-state index contributed by atoms with van der Waals surface area (Å²) in [7, 11) is 0. The molecular weight excluding hydrogens is 183 g/mol. The number of pyridine rings is 1. The van der Waals surface area contributed by atoms with Crippen LogP contribution >= 0.6 is 0 Å². The van der Waals surface area contributed by atoms with Crippen LogP contribution in [-0.2, 0) is 11.3 Å². The van der Waals surface area contributed by atoms with Gasteiger partial charge in [0.1, 0.15) is 6.61 Å². The monoisotopic (exact) mass is 191 g/mol. The summed E-state index contributed by atoms with van der Waals surface area (Å²) in [6.45, 7) is -1.25. The molecule has 13 heavy (non-hydrogen) atoms. The number of nitrogens with zero attached hydrogens (tertiary/aromatic N) is 1. The van der Waals surface area contributed by atoms with Crippen molar-refractivity contribution in [3.8, 4) is 0 Å².